The zero-order valence-corrected chi connectivity index (χ0v) is 11.7. The van der Waals surface area contributed by atoms with Crippen LogP contribution >= 0.6 is 0 Å². The van der Waals surface area contributed by atoms with E-state index in [0.29, 0.717) is 23.8 Å². The van der Waals surface area contributed by atoms with E-state index in [1.807, 2.05) is 0 Å². The van der Waals surface area contributed by atoms with E-state index >= 15 is 0 Å². The van der Waals surface area contributed by atoms with Gasteiger partial charge in [0.1, 0.15) is 16.3 Å². The summed E-state index contributed by atoms with van der Waals surface area (Å²) >= 11 is 0. The molecule has 0 bridgehead atoms. The highest BCUT2D eigenvalue weighted by atomic mass is 32.2. The van der Waals surface area contributed by atoms with E-state index in [-0.39, 0.29) is 17.2 Å². The van der Waals surface area contributed by atoms with Gasteiger partial charge >= 0.3 is 0 Å². The molecule has 0 unspecified atom stereocenters. The summed E-state index contributed by atoms with van der Waals surface area (Å²) in [5.74, 6) is 1.47. The van der Waals surface area contributed by atoms with E-state index in [1.165, 1.54) is 0 Å². The fraction of sp³-hybridized carbons (Fsp3) is 0.455. The lowest BCUT2D eigenvalue weighted by molar-refractivity contribution is 0.390. The predicted octanol–water partition coefficient (Wildman–Crippen LogP) is 1.11. The maximum Gasteiger partial charge on any atom is 0.245 e. The smallest absolute Gasteiger partial charge is 0.245 e. The molecule has 0 aromatic carbocycles. The molecule has 0 radical (unpaired) electrons. The number of aryl methyl sites for hydroxylation is 3. The quantitative estimate of drug-likeness (QED) is 0.883. The van der Waals surface area contributed by atoms with Crippen molar-refractivity contribution in [1.29, 1.82) is 0 Å². The van der Waals surface area contributed by atoms with E-state index in [1.54, 1.807) is 27.0 Å². The lowest BCUT2D eigenvalue weighted by atomic mass is 10.4. The molecule has 0 fully saturated rings. The molecular weight excluding hydrogens is 270 g/mol. The van der Waals surface area contributed by atoms with Crippen LogP contribution < -0.4 is 4.72 Å². The number of aromatic nitrogens is 2. The average Bonchev–Trinajstić information content (AvgIpc) is 2.86. The highest BCUT2D eigenvalue weighted by molar-refractivity contribution is 7.89. The summed E-state index contributed by atoms with van der Waals surface area (Å²) in [6.45, 7) is 5.13. The number of rotatable bonds is 5. The normalized spacial score (nSPS) is 11.9. The van der Waals surface area contributed by atoms with Gasteiger partial charge in [-0.1, -0.05) is 5.16 Å². The second-order valence-electron chi connectivity index (χ2n) is 4.17. The van der Waals surface area contributed by atoms with Gasteiger partial charge in [0.2, 0.25) is 10.0 Å². The largest absolute Gasteiger partial charge is 0.446 e. The van der Waals surface area contributed by atoms with Crippen molar-refractivity contribution in [3.63, 3.8) is 0 Å². The second-order valence-corrected chi connectivity index (χ2v) is 5.87. The molecule has 0 saturated carbocycles. The molecule has 2 rings (SSSR count). The molecule has 0 aliphatic carbocycles. The molecule has 0 spiro atoms. The molecule has 0 aliphatic heterocycles. The summed E-state index contributed by atoms with van der Waals surface area (Å²) in [5, 5.41) is 3.63. The first kappa shape index (κ1) is 13.8. The molecule has 2 aromatic rings. The van der Waals surface area contributed by atoms with Crippen molar-refractivity contribution >= 4 is 10.0 Å². The van der Waals surface area contributed by atoms with E-state index in [4.69, 9.17) is 8.94 Å². The van der Waals surface area contributed by atoms with Crippen molar-refractivity contribution in [2.75, 3.05) is 6.54 Å². The van der Waals surface area contributed by atoms with Crippen molar-refractivity contribution in [1.82, 2.24) is 14.9 Å². The van der Waals surface area contributed by atoms with Gasteiger partial charge in [-0.15, -0.1) is 0 Å². The zero-order valence-electron chi connectivity index (χ0n) is 10.9. The van der Waals surface area contributed by atoms with Gasteiger partial charge in [-0.05, 0) is 20.8 Å². The number of hydrogen-bond donors (Lipinski definition) is 1. The Morgan fingerprint density at radius 1 is 1.32 bits per heavy atom. The topological polar surface area (TPSA) is 98.2 Å². The second kappa shape index (κ2) is 5.14. The monoisotopic (exact) mass is 285 g/mol. The number of nitrogens with zero attached hydrogens (tertiary/aromatic N) is 2. The van der Waals surface area contributed by atoms with Gasteiger partial charge in [-0.25, -0.2) is 18.1 Å². The Labute approximate surface area is 111 Å². The number of hydrogen-bond acceptors (Lipinski definition) is 6. The molecular formula is C11H15N3O4S. The first-order chi connectivity index (χ1) is 8.90. The third-order valence-corrected chi connectivity index (χ3v) is 4.24. The summed E-state index contributed by atoms with van der Waals surface area (Å²) in [7, 11) is -3.62. The molecule has 0 saturated heterocycles. The Kier molecular flexibility index (Phi) is 3.72. The number of sulfonamides is 1. The first-order valence-electron chi connectivity index (χ1n) is 5.74. The standard InChI is InChI=1S/C11H15N3O4S/c1-7-6-12-10(17-7)4-5-13-19(15,16)11-8(2)14-18-9(11)3/h6,13H,4-5H2,1-3H3. The van der Waals surface area contributed by atoms with Gasteiger partial charge in [0.25, 0.3) is 0 Å². The molecule has 104 valence electrons. The van der Waals surface area contributed by atoms with Crippen LogP contribution in [0.2, 0.25) is 0 Å². The number of oxazole rings is 1. The van der Waals surface area contributed by atoms with Gasteiger partial charge < -0.3 is 8.94 Å². The Balaban J connectivity index is 2.03. The highest BCUT2D eigenvalue weighted by Crippen LogP contribution is 2.18. The van der Waals surface area contributed by atoms with Gasteiger partial charge in [0, 0.05) is 13.0 Å². The summed E-state index contributed by atoms with van der Waals surface area (Å²) < 4.78 is 36.7. The highest BCUT2D eigenvalue weighted by Gasteiger charge is 2.23. The van der Waals surface area contributed by atoms with Gasteiger partial charge in [0.15, 0.2) is 11.7 Å². The first-order valence-corrected chi connectivity index (χ1v) is 7.22. The van der Waals surface area contributed by atoms with Crippen LogP contribution in [0.5, 0.6) is 0 Å². The minimum Gasteiger partial charge on any atom is -0.446 e. The summed E-state index contributed by atoms with van der Waals surface area (Å²) in [6, 6.07) is 0. The SMILES string of the molecule is Cc1cnc(CCNS(=O)(=O)c2c(C)noc2C)o1. The molecule has 19 heavy (non-hydrogen) atoms. The number of nitrogens with one attached hydrogen (secondary N) is 1. The molecule has 2 heterocycles. The minimum atomic E-state index is -3.62. The van der Waals surface area contributed by atoms with Crippen LogP contribution in [0, 0.1) is 20.8 Å². The lowest BCUT2D eigenvalue weighted by Gasteiger charge is -2.04. The van der Waals surface area contributed by atoms with Gasteiger partial charge in [-0.3, -0.25) is 0 Å². The minimum absolute atomic E-state index is 0.0936. The van der Waals surface area contributed by atoms with Crippen LogP contribution in [0.4, 0.5) is 0 Å². The van der Waals surface area contributed by atoms with Crippen LogP contribution in [-0.2, 0) is 16.4 Å². The average molecular weight is 285 g/mol. The maximum atomic E-state index is 12.1. The third kappa shape index (κ3) is 3.02. The van der Waals surface area contributed by atoms with Gasteiger partial charge in [0.05, 0.1) is 6.20 Å². The van der Waals surface area contributed by atoms with Crippen molar-refractivity contribution in [2.24, 2.45) is 0 Å². The molecule has 0 amide bonds. The van der Waals surface area contributed by atoms with Crippen molar-refractivity contribution in [2.45, 2.75) is 32.1 Å². The van der Waals surface area contributed by atoms with Crippen LogP contribution in [0.25, 0.3) is 0 Å². The van der Waals surface area contributed by atoms with E-state index in [2.05, 4.69) is 14.9 Å². The van der Waals surface area contributed by atoms with E-state index in [9.17, 15) is 8.42 Å². The maximum absolute atomic E-state index is 12.1. The van der Waals surface area contributed by atoms with Crippen LogP contribution in [0.3, 0.4) is 0 Å². The zero-order chi connectivity index (χ0) is 14.0. The lowest BCUT2D eigenvalue weighted by Crippen LogP contribution is -2.26. The molecule has 2 aromatic heterocycles. The molecule has 0 atom stereocenters. The van der Waals surface area contributed by atoms with Crippen LogP contribution in [0.15, 0.2) is 20.0 Å². The van der Waals surface area contributed by atoms with Crippen molar-refractivity contribution in [3.05, 3.63) is 29.3 Å². The van der Waals surface area contributed by atoms with Crippen LogP contribution in [0.1, 0.15) is 23.1 Å². The van der Waals surface area contributed by atoms with Gasteiger partial charge in [-0.2, -0.15) is 0 Å². The molecule has 8 heteroatoms. The third-order valence-electron chi connectivity index (χ3n) is 2.54. The Bertz CT molecular complexity index is 652. The van der Waals surface area contributed by atoms with Crippen molar-refractivity contribution in [3.8, 4) is 0 Å². The Hall–Kier alpha value is -1.67. The Morgan fingerprint density at radius 3 is 2.58 bits per heavy atom. The van der Waals surface area contributed by atoms with Crippen LogP contribution in [-0.4, -0.2) is 25.1 Å². The summed E-state index contributed by atoms with van der Waals surface area (Å²) in [5.41, 5.74) is 0.344. The van der Waals surface area contributed by atoms with E-state index in [0.717, 1.165) is 0 Å². The molecule has 0 aliphatic rings. The fourth-order valence-corrected chi connectivity index (χ4v) is 3.10. The molecule has 1 N–H and O–H groups in total. The molecule has 7 nitrogen and oxygen atoms in total. The van der Waals surface area contributed by atoms with Crippen molar-refractivity contribution < 1.29 is 17.4 Å². The summed E-state index contributed by atoms with van der Waals surface area (Å²) in [6.07, 6.45) is 1.98. The van der Waals surface area contributed by atoms with E-state index < -0.39 is 10.0 Å². The fourth-order valence-electron chi connectivity index (χ4n) is 1.74. The summed E-state index contributed by atoms with van der Waals surface area (Å²) in [4.78, 5) is 4.09. The Morgan fingerprint density at radius 2 is 2.05 bits per heavy atom. The predicted molar refractivity (Wildman–Crippen MR) is 66.1 cm³/mol.